The van der Waals surface area contributed by atoms with E-state index in [0.717, 1.165) is 11.1 Å². The predicted octanol–water partition coefficient (Wildman–Crippen LogP) is 4.54. The fourth-order valence-corrected chi connectivity index (χ4v) is 3.29. The molecule has 0 unspecified atom stereocenters. The van der Waals surface area contributed by atoms with Crippen molar-refractivity contribution in [3.05, 3.63) is 94.5 Å². The first-order valence-electron chi connectivity index (χ1n) is 8.51. The van der Waals surface area contributed by atoms with Crippen molar-refractivity contribution < 1.29 is 13.2 Å². The molecule has 0 spiro atoms. The topological polar surface area (TPSA) is 67.8 Å². The summed E-state index contributed by atoms with van der Waals surface area (Å²) in [5.41, 5.74) is 2.69. The van der Waals surface area contributed by atoms with Crippen LogP contribution in [0.5, 0.6) is 5.75 Å². The first-order chi connectivity index (χ1) is 13.4. The average Bonchev–Trinajstić information content (AvgIpc) is 2.68. The lowest BCUT2D eigenvalue weighted by atomic mass is 10.2. The molecule has 0 aliphatic heterocycles. The predicted molar refractivity (Wildman–Crippen MR) is 111 cm³/mol. The maximum Gasteiger partial charge on any atom is 0.276 e. The van der Waals surface area contributed by atoms with Crippen molar-refractivity contribution >= 4 is 27.8 Å². The Bertz CT molecular complexity index is 1060. The van der Waals surface area contributed by atoms with Crippen molar-refractivity contribution in [2.75, 3.05) is 0 Å². The Labute approximate surface area is 169 Å². The molecule has 0 saturated heterocycles. The third-order valence-electron chi connectivity index (χ3n) is 3.89. The molecular formula is C21H19ClN2O3S. The molecule has 3 aromatic carbocycles. The summed E-state index contributed by atoms with van der Waals surface area (Å²) in [5, 5.41) is 4.52. The van der Waals surface area contributed by atoms with Gasteiger partial charge in [0.25, 0.3) is 10.0 Å². The molecule has 5 nitrogen and oxygen atoms in total. The van der Waals surface area contributed by atoms with Gasteiger partial charge < -0.3 is 4.74 Å². The SMILES string of the molecule is Cc1ccc(S(=O)(=O)NN=Cc2cccc(OCc3ccc(Cl)cc3)c2)cc1. The van der Waals surface area contributed by atoms with E-state index < -0.39 is 10.0 Å². The fourth-order valence-electron chi connectivity index (χ4n) is 2.37. The van der Waals surface area contributed by atoms with Crippen LogP contribution >= 0.6 is 11.6 Å². The molecule has 0 heterocycles. The Balaban J connectivity index is 1.62. The number of hydrazone groups is 1. The van der Waals surface area contributed by atoms with E-state index in [1.807, 2.05) is 43.3 Å². The molecule has 0 aromatic heterocycles. The quantitative estimate of drug-likeness (QED) is 0.456. The molecule has 0 aliphatic carbocycles. The summed E-state index contributed by atoms with van der Waals surface area (Å²) < 4.78 is 30.2. The smallest absolute Gasteiger partial charge is 0.276 e. The summed E-state index contributed by atoms with van der Waals surface area (Å²) >= 11 is 5.87. The fraction of sp³-hybridized carbons (Fsp3) is 0.0952. The summed E-state index contributed by atoms with van der Waals surface area (Å²) in [6, 6.07) is 21.2. The van der Waals surface area contributed by atoms with Gasteiger partial charge >= 0.3 is 0 Å². The molecular weight excluding hydrogens is 396 g/mol. The highest BCUT2D eigenvalue weighted by Crippen LogP contribution is 2.16. The third kappa shape index (κ3) is 5.58. The molecule has 144 valence electrons. The summed E-state index contributed by atoms with van der Waals surface area (Å²) in [4.78, 5) is 2.38. The van der Waals surface area contributed by atoms with Gasteiger partial charge in [-0.05, 0) is 54.4 Å². The normalized spacial score (nSPS) is 11.5. The first-order valence-corrected chi connectivity index (χ1v) is 10.4. The van der Waals surface area contributed by atoms with Crippen LogP contribution in [0.25, 0.3) is 0 Å². The number of hydrogen-bond acceptors (Lipinski definition) is 4. The molecule has 3 aromatic rings. The molecule has 7 heteroatoms. The Hall–Kier alpha value is -2.83. The minimum Gasteiger partial charge on any atom is -0.489 e. The van der Waals surface area contributed by atoms with Gasteiger partial charge in [0.2, 0.25) is 0 Å². The summed E-state index contributed by atoms with van der Waals surface area (Å²) in [7, 11) is -3.70. The molecule has 0 bridgehead atoms. The van der Waals surface area contributed by atoms with Crippen molar-refractivity contribution in [3.63, 3.8) is 0 Å². The van der Waals surface area contributed by atoms with Gasteiger partial charge in [0.15, 0.2) is 0 Å². The molecule has 0 atom stereocenters. The van der Waals surface area contributed by atoms with Crippen molar-refractivity contribution in [1.29, 1.82) is 0 Å². The van der Waals surface area contributed by atoms with Crippen LogP contribution in [-0.4, -0.2) is 14.6 Å². The Morgan fingerprint density at radius 2 is 1.75 bits per heavy atom. The standard InChI is InChI=1S/C21H19ClN2O3S/c1-16-5-11-21(12-6-16)28(25,26)24-23-14-18-3-2-4-20(13-18)27-15-17-7-9-19(22)10-8-17/h2-14,24H,15H2,1H3. The second kappa shape index (κ2) is 8.91. The van der Waals surface area contributed by atoms with Gasteiger partial charge in [-0.2, -0.15) is 13.5 Å². The highest BCUT2D eigenvalue weighted by Gasteiger charge is 2.11. The number of halogens is 1. The van der Waals surface area contributed by atoms with E-state index >= 15 is 0 Å². The maximum atomic E-state index is 12.2. The lowest BCUT2D eigenvalue weighted by molar-refractivity contribution is 0.306. The lowest BCUT2D eigenvalue weighted by Crippen LogP contribution is -2.18. The van der Waals surface area contributed by atoms with Gasteiger partial charge in [-0.25, -0.2) is 4.83 Å². The van der Waals surface area contributed by atoms with E-state index in [4.69, 9.17) is 16.3 Å². The second-order valence-electron chi connectivity index (χ2n) is 6.15. The molecule has 0 aliphatic rings. The van der Waals surface area contributed by atoms with E-state index in [0.29, 0.717) is 22.9 Å². The summed E-state index contributed by atoms with van der Waals surface area (Å²) in [6.45, 7) is 2.29. The van der Waals surface area contributed by atoms with E-state index in [1.54, 1.807) is 36.4 Å². The number of hydrogen-bond donors (Lipinski definition) is 1. The Morgan fingerprint density at radius 1 is 1.04 bits per heavy atom. The number of nitrogens with one attached hydrogen (secondary N) is 1. The van der Waals surface area contributed by atoms with Crippen LogP contribution in [0.4, 0.5) is 0 Å². The molecule has 28 heavy (non-hydrogen) atoms. The van der Waals surface area contributed by atoms with Crippen LogP contribution in [0.1, 0.15) is 16.7 Å². The molecule has 0 fully saturated rings. The van der Waals surface area contributed by atoms with Gasteiger partial charge in [0, 0.05) is 5.02 Å². The van der Waals surface area contributed by atoms with Crippen LogP contribution in [-0.2, 0) is 16.6 Å². The monoisotopic (exact) mass is 414 g/mol. The number of sulfonamides is 1. The van der Waals surface area contributed by atoms with Gasteiger partial charge in [0.05, 0.1) is 11.1 Å². The number of aryl methyl sites for hydroxylation is 1. The minimum absolute atomic E-state index is 0.162. The van der Waals surface area contributed by atoms with Crippen molar-refractivity contribution in [3.8, 4) is 5.75 Å². The zero-order valence-corrected chi connectivity index (χ0v) is 16.7. The first kappa shape index (κ1) is 19.9. The number of rotatable bonds is 7. The number of benzene rings is 3. The van der Waals surface area contributed by atoms with Gasteiger partial charge in [-0.15, -0.1) is 0 Å². The van der Waals surface area contributed by atoms with Crippen molar-refractivity contribution in [1.82, 2.24) is 4.83 Å². The summed E-state index contributed by atoms with van der Waals surface area (Å²) in [6.07, 6.45) is 1.43. The van der Waals surface area contributed by atoms with Gasteiger partial charge in [0.1, 0.15) is 12.4 Å². The lowest BCUT2D eigenvalue weighted by Gasteiger charge is -2.07. The average molecular weight is 415 g/mol. The second-order valence-corrected chi connectivity index (χ2v) is 8.25. The molecule has 0 radical (unpaired) electrons. The van der Waals surface area contributed by atoms with Crippen LogP contribution in [0, 0.1) is 6.92 Å². The molecule has 0 amide bonds. The largest absolute Gasteiger partial charge is 0.489 e. The Kier molecular flexibility index (Phi) is 6.34. The van der Waals surface area contributed by atoms with Crippen LogP contribution in [0.3, 0.4) is 0 Å². The van der Waals surface area contributed by atoms with Crippen LogP contribution in [0.2, 0.25) is 5.02 Å². The van der Waals surface area contributed by atoms with Crippen molar-refractivity contribution in [2.45, 2.75) is 18.4 Å². The minimum atomic E-state index is -3.70. The van der Waals surface area contributed by atoms with E-state index in [1.165, 1.54) is 6.21 Å². The van der Waals surface area contributed by atoms with Crippen LogP contribution in [0.15, 0.2) is 82.8 Å². The highest BCUT2D eigenvalue weighted by atomic mass is 35.5. The Morgan fingerprint density at radius 3 is 2.46 bits per heavy atom. The maximum absolute atomic E-state index is 12.2. The molecule has 0 saturated carbocycles. The van der Waals surface area contributed by atoms with Crippen LogP contribution < -0.4 is 9.57 Å². The van der Waals surface area contributed by atoms with Gasteiger partial charge in [-0.1, -0.05) is 53.6 Å². The third-order valence-corrected chi connectivity index (χ3v) is 5.39. The number of nitrogens with zero attached hydrogens (tertiary/aromatic N) is 1. The highest BCUT2D eigenvalue weighted by molar-refractivity contribution is 7.89. The number of ether oxygens (including phenoxy) is 1. The molecule has 3 rings (SSSR count). The zero-order valence-electron chi connectivity index (χ0n) is 15.2. The van der Waals surface area contributed by atoms with E-state index in [2.05, 4.69) is 9.93 Å². The molecule has 1 N–H and O–H groups in total. The van der Waals surface area contributed by atoms with Gasteiger partial charge in [-0.3, -0.25) is 0 Å². The zero-order chi connectivity index (χ0) is 20.0. The van der Waals surface area contributed by atoms with E-state index in [-0.39, 0.29) is 4.90 Å². The van der Waals surface area contributed by atoms with Crippen molar-refractivity contribution in [2.24, 2.45) is 5.10 Å². The van der Waals surface area contributed by atoms with E-state index in [9.17, 15) is 8.42 Å². The summed E-state index contributed by atoms with van der Waals surface area (Å²) in [5.74, 6) is 0.653.